The zero-order valence-electron chi connectivity index (χ0n) is 2.12. The van der Waals surface area contributed by atoms with Gasteiger partial charge in [0.2, 0.25) is 0 Å². The topological polar surface area (TPSA) is 74.6 Å². The Balaban J connectivity index is 4.06. The molecule has 0 radical (unpaired) electrons. The van der Waals surface area contributed by atoms with E-state index in [0.29, 0.717) is 0 Å². The van der Waals surface area contributed by atoms with Crippen molar-refractivity contribution in [1.82, 2.24) is 0 Å². The molecule has 0 saturated heterocycles. The van der Waals surface area contributed by atoms with Crippen LogP contribution in [0.4, 0.5) is 0 Å². The Morgan fingerprint density at radius 2 is 1.20 bits per heavy atom. The molecule has 0 heterocycles. The first-order chi connectivity index (χ1) is 2.00. The average Bonchev–Trinajstić information content (AvgIpc) is 0.722. The van der Waals surface area contributed by atoms with Gasteiger partial charge >= 0.3 is 29.4 Å². The Kier molecular flexibility index (Phi) is 1.03. The van der Waals surface area contributed by atoms with Crippen LogP contribution in [0.25, 0.3) is 0 Å². The summed E-state index contributed by atoms with van der Waals surface area (Å²) in [6, 6.07) is 0. The van der Waals surface area contributed by atoms with Crippen molar-refractivity contribution in [3.8, 4) is 0 Å². The minimum absolute atomic E-state index is 5.25. The third kappa shape index (κ3) is 10800. The van der Waals surface area contributed by atoms with Crippen molar-refractivity contribution < 1.29 is 16.0 Å². The van der Waals surface area contributed by atoms with Crippen LogP contribution in [0, 0.1) is 0 Å². The fourth-order valence-electron chi connectivity index (χ4n) is 0. The molecule has 0 bridgehead atoms. The van der Waals surface area contributed by atoms with Gasteiger partial charge in [-0.25, -0.2) is 0 Å². The van der Waals surface area contributed by atoms with Crippen LogP contribution in [0.15, 0.2) is 0 Å². The fraction of sp³-hybridized carbons (Fsp3) is 0. The van der Waals surface area contributed by atoms with Crippen molar-refractivity contribution in [2.75, 3.05) is 0 Å². The van der Waals surface area contributed by atoms with Crippen LogP contribution in [0.5, 0.6) is 0 Å². The fourth-order valence-corrected chi connectivity index (χ4v) is 0. The molecule has 2 N–H and O–H groups in total. The maximum atomic E-state index is 8.82. The third-order valence-corrected chi connectivity index (χ3v) is 0. The molecule has 0 aromatic carbocycles. The van der Waals surface area contributed by atoms with Crippen molar-refractivity contribution in [1.29, 1.82) is 0 Å². The summed E-state index contributed by atoms with van der Waals surface area (Å²) in [6.45, 7) is 0. The van der Waals surface area contributed by atoms with E-state index < -0.39 is 13.4 Å². The summed E-state index contributed by atoms with van der Waals surface area (Å²) < 4.78 is 31.9. The molecule has 0 aliphatic rings. The standard InChI is InChI=1S/H2O4Se/c1-5(2,3)4/h(H2,1,2,3,4). The predicted molar refractivity (Wildman–Crippen MR) is 11.6 cm³/mol. The molecule has 4 nitrogen and oxygen atoms in total. The van der Waals surface area contributed by atoms with Crippen LogP contribution >= 0.6 is 0 Å². The van der Waals surface area contributed by atoms with Gasteiger partial charge in [-0.3, -0.25) is 0 Å². The van der Waals surface area contributed by atoms with Gasteiger partial charge in [-0.1, -0.05) is 0 Å². The van der Waals surface area contributed by atoms with E-state index in [1.54, 1.807) is 0 Å². The first-order valence-corrected chi connectivity index (χ1v) is 3.63. The number of hydrogen-bond acceptors (Lipinski definition) is 2. The average molecular weight is 145 g/mol. The van der Waals surface area contributed by atoms with Gasteiger partial charge in [-0.05, 0) is 0 Å². The van der Waals surface area contributed by atoms with E-state index in [-0.39, 0.29) is 0 Å². The van der Waals surface area contributed by atoms with Crippen molar-refractivity contribution in [3.63, 3.8) is 0 Å². The summed E-state index contributed by atoms with van der Waals surface area (Å²) in [6.07, 6.45) is 0. The second-order valence-corrected chi connectivity index (χ2v) is 2.33. The Morgan fingerprint density at radius 1 is 1.20 bits per heavy atom. The van der Waals surface area contributed by atoms with Gasteiger partial charge in [0.25, 0.3) is 0 Å². The molecule has 0 saturated carbocycles. The molecule has 0 aliphatic heterocycles. The van der Waals surface area contributed by atoms with Crippen molar-refractivity contribution in [2.45, 2.75) is 0 Å². The summed E-state index contributed by atoms with van der Waals surface area (Å²) in [5, 5.41) is 0. The zero-order valence-corrected chi connectivity index (χ0v) is 3.83. The van der Waals surface area contributed by atoms with Crippen LogP contribution in [-0.2, 0) is 7.67 Å². The third-order valence-electron chi connectivity index (χ3n) is 0. The Hall–Kier alpha value is 0.0395. The van der Waals surface area contributed by atoms with Crippen LogP contribution in [0.1, 0.15) is 0 Å². The summed E-state index contributed by atoms with van der Waals surface area (Å²) in [4.78, 5) is 0. The molecule has 5 heavy (non-hydrogen) atoms. The van der Waals surface area contributed by atoms with Crippen LogP contribution < -0.4 is 0 Å². The first-order valence-electron chi connectivity index (χ1n) is 0.698. The SMILES string of the molecule is O=[Se](=O)(O)O. The van der Waals surface area contributed by atoms with Crippen molar-refractivity contribution in [3.05, 3.63) is 0 Å². The molecule has 0 atom stereocenters. The van der Waals surface area contributed by atoms with Gasteiger partial charge in [-0.15, -0.1) is 0 Å². The molecular formula is H2O4Se. The monoisotopic (exact) mass is 146 g/mol. The Bertz CT molecular complexity index is 86.8. The molecule has 0 rings (SSSR count). The van der Waals surface area contributed by atoms with Gasteiger partial charge < -0.3 is 0 Å². The van der Waals surface area contributed by atoms with Crippen molar-refractivity contribution >= 4 is 13.4 Å². The normalized spacial score (nSPS) is 11.6. The van der Waals surface area contributed by atoms with E-state index in [1.165, 1.54) is 0 Å². The van der Waals surface area contributed by atoms with E-state index in [1.807, 2.05) is 0 Å². The molecule has 0 amide bonds. The molecule has 0 fully saturated rings. The van der Waals surface area contributed by atoms with E-state index in [0.717, 1.165) is 0 Å². The van der Waals surface area contributed by atoms with E-state index in [9.17, 15) is 0 Å². The molecule has 5 heteroatoms. The van der Waals surface area contributed by atoms with Crippen molar-refractivity contribution in [2.24, 2.45) is 0 Å². The maximum absolute atomic E-state index is 8.82. The Morgan fingerprint density at radius 3 is 1.20 bits per heavy atom. The quantitative estimate of drug-likeness (QED) is 0.397. The number of hydrogen-bond donors (Lipinski definition) is 2. The van der Waals surface area contributed by atoms with Gasteiger partial charge in [-0.2, -0.15) is 0 Å². The second kappa shape index (κ2) is 1.02. The summed E-state index contributed by atoms with van der Waals surface area (Å²) in [7, 11) is 0. The first kappa shape index (κ1) is 5.04. The van der Waals surface area contributed by atoms with Gasteiger partial charge in [0.05, 0.1) is 0 Å². The predicted octanol–water partition coefficient (Wildman–Crippen LogP) is -1.73. The van der Waals surface area contributed by atoms with Gasteiger partial charge in [0.1, 0.15) is 0 Å². The molecule has 0 aliphatic carbocycles. The van der Waals surface area contributed by atoms with Gasteiger partial charge in [0.15, 0.2) is 0 Å². The molecule has 0 unspecified atom stereocenters. The molecule has 0 spiro atoms. The van der Waals surface area contributed by atoms with E-state index >= 15 is 0 Å². The summed E-state index contributed by atoms with van der Waals surface area (Å²) in [5.74, 6) is 0. The molecule has 0 aromatic rings. The summed E-state index contributed by atoms with van der Waals surface area (Å²) >= 11 is -5.25. The van der Waals surface area contributed by atoms with E-state index in [4.69, 9.17) is 16.0 Å². The number of rotatable bonds is 0. The Labute approximate surface area is 30.3 Å². The van der Waals surface area contributed by atoms with Crippen LogP contribution in [0.3, 0.4) is 0 Å². The molecular weight excluding hydrogens is 143 g/mol. The molecule has 0 aromatic heterocycles. The van der Waals surface area contributed by atoms with Crippen LogP contribution in [0.2, 0.25) is 0 Å². The minimum atomic E-state index is -5.25. The zero-order chi connectivity index (χ0) is 4.50. The second-order valence-electron chi connectivity index (χ2n) is 0.448. The summed E-state index contributed by atoms with van der Waals surface area (Å²) in [5.41, 5.74) is 0. The van der Waals surface area contributed by atoms with E-state index in [2.05, 4.69) is 0 Å². The van der Waals surface area contributed by atoms with Gasteiger partial charge in [0, 0.05) is 0 Å². The van der Waals surface area contributed by atoms with Crippen LogP contribution in [-0.4, -0.2) is 21.7 Å². The molecule has 32 valence electrons.